The molecule has 0 unspecified atom stereocenters. The van der Waals surface area contributed by atoms with Crippen LogP contribution in [-0.4, -0.2) is 0 Å². The van der Waals surface area contributed by atoms with Crippen LogP contribution in [0.2, 0.25) is 0 Å². The summed E-state index contributed by atoms with van der Waals surface area (Å²) in [5.41, 5.74) is 0. The fourth-order valence-electron chi connectivity index (χ4n) is 2.14. The average molecular weight is 394 g/mol. The van der Waals surface area contributed by atoms with Crippen molar-refractivity contribution in [3.05, 3.63) is 112 Å². The first-order valence-corrected chi connectivity index (χ1v) is 7.13. The van der Waals surface area contributed by atoms with Crippen molar-refractivity contribution in [2.45, 2.75) is 6.92 Å². The van der Waals surface area contributed by atoms with Crippen LogP contribution in [0, 0.1) is 14.9 Å². The Morgan fingerprint density at radius 1 is 0.708 bits per heavy atom. The third kappa shape index (κ3) is 7.24. The number of benzene rings is 2. The quantitative estimate of drug-likeness (QED) is 0.219. The van der Waals surface area contributed by atoms with Crippen molar-refractivity contribution in [3.8, 4) is 0 Å². The molecule has 122 valence electrons. The van der Waals surface area contributed by atoms with E-state index in [1.165, 1.54) is 21.5 Å². The molecule has 1 heteroatoms. The van der Waals surface area contributed by atoms with Crippen molar-refractivity contribution < 1.29 is 26.2 Å². The Kier molecular flexibility index (Phi) is 14.0. The van der Waals surface area contributed by atoms with E-state index in [9.17, 15) is 0 Å². The standard InChI is InChI=1S/2C9H7.C3H6.2CH3.Zr/c2*1-2-5-9-7-3-6-8(9)4-1;1-3-2;;;/h2*1-7H;3H,1H2,2H3;2*1H3;/q2*-1;;2*-1;+4. The molecule has 0 saturated carbocycles. The van der Waals surface area contributed by atoms with Gasteiger partial charge in [-0.3, -0.25) is 0 Å². The fourth-order valence-corrected chi connectivity index (χ4v) is 2.14. The molecular formula is C23H26Zr. The molecule has 0 fully saturated rings. The second kappa shape index (κ2) is 13.7. The number of fused-ring (bicyclic) bond motifs is 2. The Morgan fingerprint density at radius 3 is 1.38 bits per heavy atom. The third-order valence-electron chi connectivity index (χ3n) is 3.10. The third-order valence-corrected chi connectivity index (χ3v) is 3.10. The minimum atomic E-state index is 0. The Morgan fingerprint density at radius 2 is 1.04 bits per heavy atom. The van der Waals surface area contributed by atoms with Gasteiger partial charge in [0, 0.05) is 0 Å². The van der Waals surface area contributed by atoms with Crippen molar-refractivity contribution in [2.24, 2.45) is 0 Å². The second-order valence-corrected chi connectivity index (χ2v) is 4.72. The van der Waals surface area contributed by atoms with Crippen molar-refractivity contribution in [2.75, 3.05) is 0 Å². The first-order valence-electron chi connectivity index (χ1n) is 7.13. The molecule has 0 amide bonds. The Bertz CT molecular complexity index is 663. The van der Waals surface area contributed by atoms with Crippen LogP contribution in [0.3, 0.4) is 0 Å². The molecule has 4 aromatic rings. The van der Waals surface area contributed by atoms with Gasteiger partial charge in [0.1, 0.15) is 0 Å². The molecule has 4 rings (SSSR count). The van der Waals surface area contributed by atoms with Gasteiger partial charge in [0.25, 0.3) is 0 Å². The molecule has 0 heterocycles. The SMILES string of the molecule is C=CC.[CH3-].[CH3-].[Zr+4].c1ccc2[cH-]ccc2c1.c1ccc2[cH-]ccc2c1. The first-order chi connectivity index (χ1) is 10.3. The van der Waals surface area contributed by atoms with E-state index in [-0.39, 0.29) is 41.1 Å². The van der Waals surface area contributed by atoms with Gasteiger partial charge < -0.3 is 14.9 Å². The van der Waals surface area contributed by atoms with Gasteiger partial charge in [0.05, 0.1) is 0 Å². The van der Waals surface area contributed by atoms with Crippen LogP contribution in [-0.2, 0) is 26.2 Å². The zero-order valence-electron chi connectivity index (χ0n) is 14.9. The minimum Gasteiger partial charge on any atom is -0.358 e. The molecule has 24 heavy (non-hydrogen) atoms. The van der Waals surface area contributed by atoms with E-state index in [0.717, 1.165) is 0 Å². The van der Waals surface area contributed by atoms with E-state index in [1.807, 2.05) is 6.92 Å². The second-order valence-electron chi connectivity index (χ2n) is 4.72. The van der Waals surface area contributed by atoms with Crippen LogP contribution in [0.1, 0.15) is 6.92 Å². The van der Waals surface area contributed by atoms with Gasteiger partial charge in [-0.25, -0.2) is 0 Å². The molecule has 0 aromatic heterocycles. The maximum atomic E-state index is 3.36. The van der Waals surface area contributed by atoms with Gasteiger partial charge in [0.15, 0.2) is 0 Å². The Hall–Kier alpha value is -1.72. The van der Waals surface area contributed by atoms with E-state index in [4.69, 9.17) is 0 Å². The van der Waals surface area contributed by atoms with E-state index in [2.05, 4.69) is 91.5 Å². The van der Waals surface area contributed by atoms with Crippen LogP contribution in [0.25, 0.3) is 21.5 Å². The summed E-state index contributed by atoms with van der Waals surface area (Å²) in [7, 11) is 0. The van der Waals surface area contributed by atoms with Crippen molar-refractivity contribution >= 4 is 21.5 Å². The normalized spacial score (nSPS) is 8.21. The van der Waals surface area contributed by atoms with Crippen LogP contribution in [0.15, 0.2) is 97.6 Å². The predicted octanol–water partition coefficient (Wildman–Crippen LogP) is 7.21. The molecule has 0 spiro atoms. The summed E-state index contributed by atoms with van der Waals surface area (Å²) in [4.78, 5) is 0. The molecule has 0 bridgehead atoms. The zero-order valence-corrected chi connectivity index (χ0v) is 17.3. The Labute approximate surface area is 166 Å². The summed E-state index contributed by atoms with van der Waals surface area (Å²) in [6.45, 7) is 5.25. The number of rotatable bonds is 0. The van der Waals surface area contributed by atoms with Gasteiger partial charge in [-0.1, -0.05) is 18.2 Å². The number of hydrogen-bond donors (Lipinski definition) is 0. The largest absolute Gasteiger partial charge is 4.00 e. The summed E-state index contributed by atoms with van der Waals surface area (Å²) in [6.07, 6.45) is 1.75. The molecule has 0 radical (unpaired) electrons. The summed E-state index contributed by atoms with van der Waals surface area (Å²) < 4.78 is 0. The van der Waals surface area contributed by atoms with Gasteiger partial charge in [-0.05, 0) is 6.92 Å². The van der Waals surface area contributed by atoms with E-state index in [1.54, 1.807) is 6.08 Å². The van der Waals surface area contributed by atoms with Crippen molar-refractivity contribution in [3.63, 3.8) is 0 Å². The molecule has 0 aliphatic heterocycles. The number of hydrogen-bond acceptors (Lipinski definition) is 0. The topological polar surface area (TPSA) is 0 Å². The van der Waals surface area contributed by atoms with Crippen molar-refractivity contribution in [1.29, 1.82) is 0 Å². The molecule has 0 nitrogen and oxygen atoms in total. The Balaban J connectivity index is 0. The van der Waals surface area contributed by atoms with Crippen LogP contribution >= 0.6 is 0 Å². The van der Waals surface area contributed by atoms with Crippen LogP contribution in [0.4, 0.5) is 0 Å². The van der Waals surface area contributed by atoms with E-state index < -0.39 is 0 Å². The maximum absolute atomic E-state index is 3.36. The molecule has 0 aliphatic carbocycles. The molecule has 0 saturated heterocycles. The first kappa shape index (κ1) is 24.5. The summed E-state index contributed by atoms with van der Waals surface area (Å²) in [6, 6.07) is 29.3. The van der Waals surface area contributed by atoms with Gasteiger partial charge in [0.2, 0.25) is 0 Å². The summed E-state index contributed by atoms with van der Waals surface area (Å²) in [5.74, 6) is 0. The molecular weight excluding hydrogens is 367 g/mol. The van der Waals surface area contributed by atoms with Gasteiger partial charge in [-0.15, -0.1) is 65.9 Å². The van der Waals surface area contributed by atoms with Crippen LogP contribution in [0.5, 0.6) is 0 Å². The summed E-state index contributed by atoms with van der Waals surface area (Å²) in [5, 5.41) is 5.32. The van der Waals surface area contributed by atoms with E-state index >= 15 is 0 Å². The van der Waals surface area contributed by atoms with Gasteiger partial charge in [-0.2, -0.15) is 35.0 Å². The molecule has 4 aromatic carbocycles. The molecule has 0 N–H and O–H groups in total. The zero-order chi connectivity index (χ0) is 14.9. The molecule has 0 atom stereocenters. The predicted molar refractivity (Wildman–Crippen MR) is 108 cm³/mol. The van der Waals surface area contributed by atoms with Gasteiger partial charge >= 0.3 is 26.2 Å². The average Bonchev–Trinajstić information content (AvgIpc) is 3.17. The monoisotopic (exact) mass is 392 g/mol. The van der Waals surface area contributed by atoms with Crippen LogP contribution < -0.4 is 0 Å². The number of allylic oxidation sites excluding steroid dienone is 1. The maximum Gasteiger partial charge on any atom is 4.00 e. The smallest absolute Gasteiger partial charge is 0.358 e. The summed E-state index contributed by atoms with van der Waals surface area (Å²) >= 11 is 0. The minimum absolute atomic E-state index is 0. The van der Waals surface area contributed by atoms with Crippen molar-refractivity contribution in [1.82, 2.24) is 0 Å². The molecule has 0 aliphatic rings. The fraction of sp³-hybridized carbons (Fsp3) is 0.0435. The van der Waals surface area contributed by atoms with E-state index in [0.29, 0.717) is 0 Å².